The van der Waals surface area contributed by atoms with E-state index in [1.807, 2.05) is 17.0 Å². The average molecular weight is 340 g/mol. The molecule has 1 spiro atoms. The van der Waals surface area contributed by atoms with E-state index in [0.29, 0.717) is 0 Å². The summed E-state index contributed by atoms with van der Waals surface area (Å²) < 4.78 is 5.83. The van der Waals surface area contributed by atoms with E-state index >= 15 is 0 Å². The first-order chi connectivity index (χ1) is 9.05. The average Bonchev–Trinajstić information content (AvgIpc) is 3.16. The van der Waals surface area contributed by atoms with Crippen LogP contribution in [0.1, 0.15) is 24.0 Å². The minimum Gasteiger partial charge on any atom is -0.468 e. The molecule has 2 aliphatic rings. The largest absolute Gasteiger partial charge is 0.468 e. The first kappa shape index (κ1) is 13.1. The Bertz CT molecular complexity index is 569. The van der Waals surface area contributed by atoms with Crippen molar-refractivity contribution in [1.29, 1.82) is 0 Å². The van der Waals surface area contributed by atoms with E-state index in [9.17, 15) is 4.79 Å². The van der Waals surface area contributed by atoms with E-state index < -0.39 is 0 Å². The van der Waals surface area contributed by atoms with E-state index in [-0.39, 0.29) is 17.9 Å². The quantitative estimate of drug-likeness (QED) is 0.612. The fraction of sp³-hybridized carbons (Fsp3) is 0.429. The molecule has 1 aliphatic heterocycles. The fourth-order valence-electron chi connectivity index (χ4n) is 2.76. The van der Waals surface area contributed by atoms with Crippen molar-refractivity contribution in [2.24, 2.45) is 0 Å². The number of carbonyl (C=O) groups is 1. The van der Waals surface area contributed by atoms with E-state index in [4.69, 9.17) is 17.0 Å². The van der Waals surface area contributed by atoms with E-state index in [1.54, 1.807) is 0 Å². The van der Waals surface area contributed by atoms with Gasteiger partial charge in [-0.3, -0.25) is 4.79 Å². The molecule has 0 bridgehead atoms. The van der Waals surface area contributed by atoms with Crippen molar-refractivity contribution in [3.05, 3.63) is 33.8 Å². The number of esters is 1. The van der Waals surface area contributed by atoms with Crippen LogP contribution in [-0.2, 0) is 14.9 Å². The first-order valence-corrected chi connectivity index (χ1v) is 7.42. The van der Waals surface area contributed by atoms with Crippen molar-refractivity contribution in [3.8, 4) is 0 Å². The molecular formula is C14H14BrNO2S. The number of nitrogens with zero attached hydrogens (tertiary/aromatic N) is 1. The lowest BCUT2D eigenvalue weighted by Crippen LogP contribution is -2.45. The van der Waals surface area contributed by atoms with Gasteiger partial charge in [0.1, 0.15) is 11.5 Å². The van der Waals surface area contributed by atoms with Gasteiger partial charge in [0, 0.05) is 22.0 Å². The van der Waals surface area contributed by atoms with Crippen LogP contribution in [0.15, 0.2) is 22.7 Å². The van der Waals surface area contributed by atoms with Gasteiger partial charge in [0.15, 0.2) is 0 Å². The van der Waals surface area contributed by atoms with Crippen LogP contribution in [0.4, 0.5) is 0 Å². The number of fused-ring (bicyclic) bond motifs is 2. The van der Waals surface area contributed by atoms with Gasteiger partial charge in [-0.2, -0.15) is 0 Å². The minimum absolute atomic E-state index is 0.190. The summed E-state index contributed by atoms with van der Waals surface area (Å²) in [5.74, 6) is -0.237. The molecule has 0 aromatic heterocycles. The van der Waals surface area contributed by atoms with E-state index in [0.717, 1.165) is 34.4 Å². The zero-order valence-electron chi connectivity index (χ0n) is 10.6. The highest BCUT2D eigenvalue weighted by Gasteiger charge is 2.50. The van der Waals surface area contributed by atoms with Gasteiger partial charge in [0.2, 0.25) is 0 Å². The Morgan fingerprint density at radius 3 is 2.89 bits per heavy atom. The number of rotatable bonds is 2. The van der Waals surface area contributed by atoms with Gasteiger partial charge in [0.25, 0.3) is 0 Å². The Balaban J connectivity index is 1.97. The molecule has 0 saturated heterocycles. The molecule has 3 nitrogen and oxygen atoms in total. The molecule has 100 valence electrons. The van der Waals surface area contributed by atoms with Crippen LogP contribution in [0.5, 0.6) is 0 Å². The molecule has 0 radical (unpaired) electrons. The summed E-state index contributed by atoms with van der Waals surface area (Å²) in [5, 5.41) is 0. The third-order valence-corrected chi connectivity index (χ3v) is 4.94. The molecular weight excluding hydrogens is 326 g/mol. The summed E-state index contributed by atoms with van der Waals surface area (Å²) in [6, 6.07) is 6.22. The van der Waals surface area contributed by atoms with Crippen LogP contribution >= 0.6 is 28.1 Å². The second-order valence-corrected chi connectivity index (χ2v) is 6.51. The first-order valence-electron chi connectivity index (χ1n) is 6.22. The Hall–Kier alpha value is -0.940. The molecule has 1 aromatic rings. The Morgan fingerprint density at radius 1 is 1.53 bits per heavy atom. The Morgan fingerprint density at radius 2 is 2.26 bits per heavy atom. The van der Waals surface area contributed by atoms with Crippen molar-refractivity contribution in [2.45, 2.75) is 18.3 Å². The van der Waals surface area contributed by atoms with Crippen LogP contribution < -0.4 is 0 Å². The third kappa shape index (κ3) is 2.19. The highest BCUT2D eigenvalue weighted by molar-refractivity contribution is 9.10. The highest BCUT2D eigenvalue weighted by Crippen LogP contribution is 2.52. The molecule has 0 amide bonds. The zero-order valence-corrected chi connectivity index (χ0v) is 13.0. The number of hydrogen-bond donors (Lipinski definition) is 0. The number of thiocarbonyl (C=S) groups is 1. The highest BCUT2D eigenvalue weighted by atomic mass is 79.9. The summed E-state index contributed by atoms with van der Waals surface area (Å²) in [6.07, 6.45) is 2.33. The lowest BCUT2D eigenvalue weighted by Gasteiger charge is -2.36. The monoisotopic (exact) mass is 339 g/mol. The summed E-state index contributed by atoms with van der Waals surface area (Å²) in [6.45, 7) is 1.07. The lowest BCUT2D eigenvalue weighted by molar-refractivity contribution is -0.141. The predicted molar refractivity (Wildman–Crippen MR) is 80.3 cm³/mol. The summed E-state index contributed by atoms with van der Waals surface area (Å²) in [4.78, 5) is 14.2. The molecule has 1 fully saturated rings. The van der Waals surface area contributed by atoms with Gasteiger partial charge >= 0.3 is 5.97 Å². The van der Waals surface area contributed by atoms with Crippen molar-refractivity contribution >= 4 is 39.1 Å². The van der Waals surface area contributed by atoms with Gasteiger partial charge in [-0.15, -0.1) is 0 Å². The number of benzene rings is 1. The predicted octanol–water partition coefficient (Wildman–Crippen LogP) is 2.64. The number of methoxy groups -OCH3 is 1. The number of carbonyl (C=O) groups excluding carboxylic acids is 1. The van der Waals surface area contributed by atoms with Crippen LogP contribution in [0.3, 0.4) is 0 Å². The summed E-state index contributed by atoms with van der Waals surface area (Å²) in [7, 11) is 1.41. The molecule has 1 aliphatic carbocycles. The Labute approximate surface area is 126 Å². The van der Waals surface area contributed by atoms with Crippen molar-refractivity contribution in [3.63, 3.8) is 0 Å². The second kappa shape index (κ2) is 4.56. The maximum atomic E-state index is 11.5. The molecule has 1 aromatic carbocycles. The maximum absolute atomic E-state index is 11.5. The number of hydrogen-bond acceptors (Lipinski definition) is 3. The summed E-state index contributed by atoms with van der Waals surface area (Å²) in [5.41, 5.74) is 2.61. The molecule has 0 N–H and O–H groups in total. The molecule has 0 unspecified atom stereocenters. The van der Waals surface area contributed by atoms with E-state index in [1.165, 1.54) is 12.7 Å². The van der Waals surface area contributed by atoms with Gasteiger partial charge in [-0.05, 0) is 30.5 Å². The van der Waals surface area contributed by atoms with Gasteiger partial charge in [0.05, 0.1) is 7.11 Å². The SMILES string of the molecule is COC(=O)CN1CC2(CC2)c2cc(Br)ccc2C1=S. The summed E-state index contributed by atoms with van der Waals surface area (Å²) >= 11 is 9.05. The molecule has 0 atom stereocenters. The fourth-order valence-corrected chi connectivity index (χ4v) is 3.43. The smallest absolute Gasteiger partial charge is 0.325 e. The van der Waals surface area contributed by atoms with Crippen LogP contribution in [-0.4, -0.2) is 36.1 Å². The molecule has 3 rings (SSSR count). The standard InChI is InChI=1S/C14H14BrNO2S/c1-18-12(17)7-16-8-14(4-5-14)11-6-9(15)2-3-10(11)13(16)19/h2-3,6H,4-5,7-8H2,1H3. The van der Waals surface area contributed by atoms with Crippen molar-refractivity contribution in [2.75, 3.05) is 20.2 Å². The molecule has 1 heterocycles. The normalized spacial score (nSPS) is 19.3. The van der Waals surface area contributed by atoms with Gasteiger partial charge < -0.3 is 9.64 Å². The van der Waals surface area contributed by atoms with Gasteiger partial charge in [-0.25, -0.2) is 0 Å². The molecule has 19 heavy (non-hydrogen) atoms. The number of halogens is 1. The number of ether oxygens (including phenoxy) is 1. The van der Waals surface area contributed by atoms with Crippen LogP contribution in [0.2, 0.25) is 0 Å². The second-order valence-electron chi connectivity index (χ2n) is 5.21. The van der Waals surface area contributed by atoms with Crippen LogP contribution in [0.25, 0.3) is 0 Å². The Kier molecular flexibility index (Phi) is 3.14. The topological polar surface area (TPSA) is 29.5 Å². The lowest BCUT2D eigenvalue weighted by atomic mass is 9.87. The maximum Gasteiger partial charge on any atom is 0.325 e. The van der Waals surface area contributed by atoms with Gasteiger partial charge in [-0.1, -0.05) is 34.2 Å². The van der Waals surface area contributed by atoms with Crippen molar-refractivity contribution in [1.82, 2.24) is 4.90 Å². The van der Waals surface area contributed by atoms with Crippen molar-refractivity contribution < 1.29 is 9.53 Å². The van der Waals surface area contributed by atoms with E-state index in [2.05, 4.69) is 22.0 Å². The third-order valence-electron chi connectivity index (χ3n) is 3.97. The molecule has 5 heteroatoms. The minimum atomic E-state index is -0.237. The van der Waals surface area contributed by atoms with Crippen LogP contribution in [0, 0.1) is 0 Å². The zero-order chi connectivity index (χ0) is 13.6. The molecule has 1 saturated carbocycles.